The first-order valence-electron chi connectivity index (χ1n) is 5.99. The van der Waals surface area contributed by atoms with E-state index in [1.807, 2.05) is 50.2 Å². The Morgan fingerprint density at radius 2 is 1.83 bits per heavy atom. The molecule has 0 unspecified atom stereocenters. The summed E-state index contributed by atoms with van der Waals surface area (Å²) in [5.41, 5.74) is 2.51. The number of nitrogens with one attached hydrogen (secondary N) is 1. The van der Waals surface area contributed by atoms with E-state index in [-0.39, 0.29) is 11.9 Å². The van der Waals surface area contributed by atoms with Gasteiger partial charge in [0.05, 0.1) is 11.3 Å². The Kier molecular flexibility index (Phi) is 3.72. The zero-order valence-corrected chi connectivity index (χ0v) is 10.6. The lowest BCUT2D eigenvalue weighted by Gasteiger charge is -2.08. The van der Waals surface area contributed by atoms with Crippen molar-refractivity contribution in [2.75, 3.05) is 0 Å². The largest absolute Gasteiger partial charge is 0.350 e. The van der Waals surface area contributed by atoms with Crippen molar-refractivity contribution in [3.05, 3.63) is 54.2 Å². The molecule has 0 aliphatic carbocycles. The van der Waals surface area contributed by atoms with Crippen molar-refractivity contribution in [2.24, 2.45) is 0 Å². The van der Waals surface area contributed by atoms with E-state index < -0.39 is 0 Å². The summed E-state index contributed by atoms with van der Waals surface area (Å²) in [6.07, 6.45) is 1.61. The molecule has 2 rings (SSSR count). The molecule has 0 aliphatic rings. The predicted octanol–water partition coefficient (Wildman–Crippen LogP) is 2.89. The van der Waals surface area contributed by atoms with Crippen molar-refractivity contribution in [3.8, 4) is 11.3 Å². The molecule has 18 heavy (non-hydrogen) atoms. The van der Waals surface area contributed by atoms with Crippen LogP contribution in [-0.4, -0.2) is 16.9 Å². The maximum absolute atomic E-state index is 11.8. The van der Waals surface area contributed by atoms with Crippen LogP contribution < -0.4 is 5.32 Å². The van der Waals surface area contributed by atoms with Crippen LogP contribution >= 0.6 is 0 Å². The van der Waals surface area contributed by atoms with E-state index in [1.165, 1.54) is 0 Å². The molecule has 1 amide bonds. The number of carbonyl (C=O) groups is 1. The van der Waals surface area contributed by atoms with Crippen LogP contribution in [0.4, 0.5) is 0 Å². The molecule has 1 aromatic carbocycles. The minimum Gasteiger partial charge on any atom is -0.350 e. The molecule has 1 aromatic heterocycles. The number of amides is 1. The molecular weight excluding hydrogens is 224 g/mol. The number of nitrogens with zero attached hydrogens (tertiary/aromatic N) is 1. The summed E-state index contributed by atoms with van der Waals surface area (Å²) in [5.74, 6) is -0.0860. The Bertz CT molecular complexity index is 518. The molecule has 0 fully saturated rings. The van der Waals surface area contributed by atoms with Gasteiger partial charge in [-0.05, 0) is 26.0 Å². The van der Waals surface area contributed by atoms with Crippen molar-refractivity contribution < 1.29 is 4.79 Å². The van der Waals surface area contributed by atoms with Gasteiger partial charge in [0, 0.05) is 17.8 Å². The Balaban J connectivity index is 2.18. The number of aromatic nitrogens is 1. The SMILES string of the molecule is CC(C)NC(=O)c1ccc(-c2ccccc2)nc1. The second kappa shape index (κ2) is 5.45. The minimum absolute atomic E-state index is 0.0860. The maximum atomic E-state index is 11.8. The molecule has 0 atom stereocenters. The molecule has 0 bridgehead atoms. The van der Waals surface area contributed by atoms with Crippen LogP contribution in [0.1, 0.15) is 24.2 Å². The van der Waals surface area contributed by atoms with Crippen LogP contribution in [0.15, 0.2) is 48.7 Å². The van der Waals surface area contributed by atoms with Crippen molar-refractivity contribution in [1.82, 2.24) is 10.3 Å². The van der Waals surface area contributed by atoms with Gasteiger partial charge in [0.15, 0.2) is 0 Å². The Labute approximate surface area is 107 Å². The second-order valence-electron chi connectivity index (χ2n) is 4.43. The summed E-state index contributed by atoms with van der Waals surface area (Å²) in [6.45, 7) is 3.87. The first-order chi connectivity index (χ1) is 8.66. The van der Waals surface area contributed by atoms with Crippen molar-refractivity contribution in [1.29, 1.82) is 0 Å². The number of carbonyl (C=O) groups excluding carboxylic acids is 1. The molecule has 0 saturated heterocycles. The zero-order chi connectivity index (χ0) is 13.0. The lowest BCUT2D eigenvalue weighted by molar-refractivity contribution is 0.0943. The molecule has 2 aromatic rings. The lowest BCUT2D eigenvalue weighted by atomic mass is 10.1. The highest BCUT2D eigenvalue weighted by molar-refractivity contribution is 5.94. The van der Waals surface area contributed by atoms with Gasteiger partial charge < -0.3 is 5.32 Å². The number of hydrogen-bond donors (Lipinski definition) is 1. The predicted molar refractivity (Wildman–Crippen MR) is 72.3 cm³/mol. The number of rotatable bonds is 3. The normalized spacial score (nSPS) is 10.4. The summed E-state index contributed by atoms with van der Waals surface area (Å²) in [6, 6.07) is 13.7. The highest BCUT2D eigenvalue weighted by atomic mass is 16.1. The zero-order valence-electron chi connectivity index (χ0n) is 10.6. The van der Waals surface area contributed by atoms with Gasteiger partial charge in [0.1, 0.15) is 0 Å². The van der Waals surface area contributed by atoms with Crippen molar-refractivity contribution >= 4 is 5.91 Å². The fraction of sp³-hybridized carbons (Fsp3) is 0.200. The third-order valence-electron chi connectivity index (χ3n) is 2.51. The van der Waals surface area contributed by atoms with Gasteiger partial charge in [-0.2, -0.15) is 0 Å². The van der Waals surface area contributed by atoms with E-state index in [0.29, 0.717) is 5.56 Å². The van der Waals surface area contributed by atoms with Gasteiger partial charge in [-0.1, -0.05) is 30.3 Å². The van der Waals surface area contributed by atoms with Crippen LogP contribution in [0.3, 0.4) is 0 Å². The second-order valence-corrected chi connectivity index (χ2v) is 4.43. The van der Waals surface area contributed by atoms with E-state index >= 15 is 0 Å². The Morgan fingerprint density at radius 1 is 1.11 bits per heavy atom. The van der Waals surface area contributed by atoms with Crippen LogP contribution in [0.2, 0.25) is 0 Å². The first-order valence-corrected chi connectivity index (χ1v) is 5.99. The Morgan fingerprint density at radius 3 is 2.39 bits per heavy atom. The van der Waals surface area contributed by atoms with E-state index in [9.17, 15) is 4.79 Å². The average Bonchev–Trinajstić information content (AvgIpc) is 2.39. The van der Waals surface area contributed by atoms with E-state index in [0.717, 1.165) is 11.3 Å². The first kappa shape index (κ1) is 12.3. The molecule has 3 nitrogen and oxygen atoms in total. The standard InChI is InChI=1S/C15H16N2O/c1-11(2)17-15(18)13-8-9-14(16-10-13)12-6-4-3-5-7-12/h3-11H,1-2H3,(H,17,18). The van der Waals surface area contributed by atoms with Crippen LogP contribution in [0.5, 0.6) is 0 Å². The van der Waals surface area contributed by atoms with E-state index in [2.05, 4.69) is 10.3 Å². The van der Waals surface area contributed by atoms with Gasteiger partial charge >= 0.3 is 0 Å². The van der Waals surface area contributed by atoms with Crippen molar-refractivity contribution in [3.63, 3.8) is 0 Å². The number of benzene rings is 1. The van der Waals surface area contributed by atoms with Crippen LogP contribution in [0, 0.1) is 0 Å². The Hall–Kier alpha value is -2.16. The number of hydrogen-bond acceptors (Lipinski definition) is 2. The fourth-order valence-electron chi connectivity index (χ4n) is 1.65. The summed E-state index contributed by atoms with van der Waals surface area (Å²) in [4.78, 5) is 16.1. The van der Waals surface area contributed by atoms with Gasteiger partial charge in [0.25, 0.3) is 5.91 Å². The summed E-state index contributed by atoms with van der Waals surface area (Å²) < 4.78 is 0. The molecule has 1 N–H and O–H groups in total. The monoisotopic (exact) mass is 240 g/mol. The molecule has 3 heteroatoms. The van der Waals surface area contributed by atoms with Gasteiger partial charge in [0.2, 0.25) is 0 Å². The van der Waals surface area contributed by atoms with E-state index in [4.69, 9.17) is 0 Å². The molecule has 0 spiro atoms. The van der Waals surface area contributed by atoms with Gasteiger partial charge in [-0.25, -0.2) is 0 Å². The quantitative estimate of drug-likeness (QED) is 0.896. The molecule has 1 heterocycles. The highest BCUT2D eigenvalue weighted by Gasteiger charge is 2.07. The van der Waals surface area contributed by atoms with Crippen LogP contribution in [0.25, 0.3) is 11.3 Å². The molecule has 92 valence electrons. The summed E-state index contributed by atoms with van der Waals surface area (Å²) in [5, 5.41) is 2.84. The van der Waals surface area contributed by atoms with Gasteiger partial charge in [-0.15, -0.1) is 0 Å². The molecule has 0 saturated carbocycles. The number of pyridine rings is 1. The smallest absolute Gasteiger partial charge is 0.253 e. The average molecular weight is 240 g/mol. The fourth-order valence-corrected chi connectivity index (χ4v) is 1.65. The molecular formula is C15H16N2O. The molecule has 0 aliphatic heterocycles. The highest BCUT2D eigenvalue weighted by Crippen LogP contribution is 2.16. The molecule has 0 radical (unpaired) electrons. The minimum atomic E-state index is -0.0860. The van der Waals surface area contributed by atoms with E-state index in [1.54, 1.807) is 12.3 Å². The third-order valence-corrected chi connectivity index (χ3v) is 2.51. The van der Waals surface area contributed by atoms with Crippen LogP contribution in [-0.2, 0) is 0 Å². The topological polar surface area (TPSA) is 42.0 Å². The third kappa shape index (κ3) is 2.94. The lowest BCUT2D eigenvalue weighted by Crippen LogP contribution is -2.30. The summed E-state index contributed by atoms with van der Waals surface area (Å²) in [7, 11) is 0. The van der Waals surface area contributed by atoms with Crippen molar-refractivity contribution in [2.45, 2.75) is 19.9 Å². The maximum Gasteiger partial charge on any atom is 0.253 e. The summed E-state index contributed by atoms with van der Waals surface area (Å²) >= 11 is 0. The van der Waals surface area contributed by atoms with Gasteiger partial charge in [-0.3, -0.25) is 9.78 Å².